The second-order valence-electron chi connectivity index (χ2n) is 6.94. The summed E-state index contributed by atoms with van der Waals surface area (Å²) in [4.78, 5) is 15.6. The molecule has 0 spiro atoms. The van der Waals surface area contributed by atoms with Gasteiger partial charge in [-0.2, -0.15) is 9.90 Å². The molecule has 1 saturated heterocycles. The van der Waals surface area contributed by atoms with E-state index in [0.29, 0.717) is 12.2 Å². The van der Waals surface area contributed by atoms with Crippen molar-refractivity contribution in [3.63, 3.8) is 0 Å². The lowest BCUT2D eigenvalue weighted by Crippen LogP contribution is -3.08. The molecule has 1 aliphatic rings. The first kappa shape index (κ1) is 17.4. The number of para-hydroxylation sites is 1. The fourth-order valence-electron chi connectivity index (χ4n) is 3.54. The van der Waals surface area contributed by atoms with Crippen molar-refractivity contribution in [3.8, 4) is 5.69 Å². The van der Waals surface area contributed by atoms with Crippen LogP contribution < -0.4 is 10.2 Å². The van der Waals surface area contributed by atoms with Gasteiger partial charge >= 0.3 is 0 Å². The van der Waals surface area contributed by atoms with Gasteiger partial charge in [0.15, 0.2) is 5.69 Å². The summed E-state index contributed by atoms with van der Waals surface area (Å²) in [5.41, 5.74) is 3.63. The number of carbonyl (C=O) groups excluding carboxylic acids is 1. The number of hydrogen-bond acceptors (Lipinski definition) is 3. The molecule has 27 heavy (non-hydrogen) atoms. The van der Waals surface area contributed by atoms with E-state index in [9.17, 15) is 4.79 Å². The van der Waals surface area contributed by atoms with Gasteiger partial charge in [0.1, 0.15) is 6.54 Å². The smallest absolute Gasteiger partial charge is 0.273 e. The number of aromatic nitrogens is 3. The van der Waals surface area contributed by atoms with Gasteiger partial charge < -0.3 is 10.2 Å². The standard InChI is InChI=1S/C21H23N5O/c27-21(20-15-23-26(24-20)19-10-2-1-3-11-19)22-14-17-8-4-5-9-18(17)16-25-12-6-7-13-25/h1-5,8-11,15H,6-7,12-14,16H2,(H,22,27)/p+1. The van der Waals surface area contributed by atoms with Gasteiger partial charge in [0, 0.05) is 24.9 Å². The predicted octanol–water partition coefficient (Wildman–Crippen LogP) is 1.38. The maximum absolute atomic E-state index is 12.5. The molecule has 1 fully saturated rings. The number of quaternary nitrogens is 1. The fraction of sp³-hybridized carbons (Fsp3) is 0.286. The van der Waals surface area contributed by atoms with Crippen LogP contribution in [0.15, 0.2) is 60.8 Å². The molecule has 1 aromatic heterocycles. The Hall–Kier alpha value is -2.99. The molecular weight excluding hydrogens is 338 g/mol. The van der Waals surface area contributed by atoms with Crippen LogP contribution in [0.2, 0.25) is 0 Å². The van der Waals surface area contributed by atoms with E-state index in [1.54, 1.807) is 4.90 Å². The zero-order valence-corrected chi connectivity index (χ0v) is 15.3. The molecule has 0 aliphatic carbocycles. The quantitative estimate of drug-likeness (QED) is 0.696. The first-order valence-corrected chi connectivity index (χ1v) is 9.46. The Balaban J connectivity index is 1.40. The molecule has 0 radical (unpaired) electrons. The van der Waals surface area contributed by atoms with Gasteiger partial charge in [0.05, 0.1) is 25.0 Å². The molecule has 4 rings (SSSR count). The van der Waals surface area contributed by atoms with Crippen LogP contribution >= 0.6 is 0 Å². The van der Waals surface area contributed by atoms with Crippen LogP contribution in [0.5, 0.6) is 0 Å². The third kappa shape index (κ3) is 4.23. The molecule has 2 N–H and O–H groups in total. The van der Waals surface area contributed by atoms with Crippen LogP contribution in [0, 0.1) is 0 Å². The summed E-state index contributed by atoms with van der Waals surface area (Å²) in [6.45, 7) is 4.00. The molecule has 2 heterocycles. The number of benzene rings is 2. The fourth-order valence-corrected chi connectivity index (χ4v) is 3.54. The molecule has 0 atom stereocenters. The van der Waals surface area contributed by atoms with Gasteiger partial charge in [0.25, 0.3) is 5.91 Å². The lowest BCUT2D eigenvalue weighted by atomic mass is 10.1. The summed E-state index contributed by atoms with van der Waals surface area (Å²) < 4.78 is 0. The average molecular weight is 362 g/mol. The summed E-state index contributed by atoms with van der Waals surface area (Å²) >= 11 is 0. The number of amides is 1. The Kier molecular flexibility index (Phi) is 5.25. The first-order valence-electron chi connectivity index (χ1n) is 9.46. The molecule has 0 saturated carbocycles. The SMILES string of the molecule is O=C(NCc1ccccc1C[NH+]1CCCC1)c1cnn(-c2ccccc2)n1. The summed E-state index contributed by atoms with van der Waals surface area (Å²) in [5.74, 6) is -0.208. The van der Waals surface area contributed by atoms with Crippen molar-refractivity contribution < 1.29 is 9.69 Å². The van der Waals surface area contributed by atoms with Gasteiger partial charge in [-0.05, 0) is 17.7 Å². The van der Waals surface area contributed by atoms with E-state index in [0.717, 1.165) is 12.2 Å². The number of rotatable bonds is 6. The Morgan fingerprint density at radius 2 is 1.70 bits per heavy atom. The van der Waals surface area contributed by atoms with E-state index >= 15 is 0 Å². The van der Waals surface area contributed by atoms with Crippen molar-refractivity contribution >= 4 is 5.91 Å². The molecule has 1 amide bonds. The maximum atomic E-state index is 12.5. The zero-order valence-electron chi connectivity index (χ0n) is 15.3. The van der Waals surface area contributed by atoms with Crippen LogP contribution in [0.3, 0.4) is 0 Å². The molecule has 6 heteroatoms. The second-order valence-corrected chi connectivity index (χ2v) is 6.94. The van der Waals surface area contributed by atoms with E-state index in [-0.39, 0.29) is 5.91 Å². The number of nitrogens with zero attached hydrogens (tertiary/aromatic N) is 3. The Morgan fingerprint density at radius 3 is 2.48 bits per heavy atom. The van der Waals surface area contributed by atoms with Crippen molar-refractivity contribution in [2.45, 2.75) is 25.9 Å². The molecule has 0 bridgehead atoms. The Bertz CT molecular complexity index is 900. The van der Waals surface area contributed by atoms with Crippen molar-refractivity contribution in [2.24, 2.45) is 0 Å². The number of carbonyl (C=O) groups is 1. The van der Waals surface area contributed by atoms with Gasteiger partial charge in [-0.15, -0.1) is 5.10 Å². The third-order valence-corrected chi connectivity index (χ3v) is 5.02. The molecule has 6 nitrogen and oxygen atoms in total. The largest absolute Gasteiger partial charge is 0.346 e. The van der Waals surface area contributed by atoms with Crippen molar-refractivity contribution in [1.82, 2.24) is 20.3 Å². The lowest BCUT2D eigenvalue weighted by molar-refractivity contribution is -0.901. The van der Waals surface area contributed by atoms with Crippen LogP contribution in [0.1, 0.15) is 34.5 Å². The molecule has 0 unspecified atom stereocenters. The zero-order chi connectivity index (χ0) is 18.5. The summed E-state index contributed by atoms with van der Waals surface area (Å²) in [5, 5.41) is 11.5. The van der Waals surface area contributed by atoms with Gasteiger partial charge in [-0.1, -0.05) is 42.5 Å². The van der Waals surface area contributed by atoms with E-state index in [1.165, 1.54) is 48.1 Å². The summed E-state index contributed by atoms with van der Waals surface area (Å²) in [7, 11) is 0. The molecule has 3 aromatic rings. The number of hydrogen-bond donors (Lipinski definition) is 2. The van der Waals surface area contributed by atoms with Gasteiger partial charge in [-0.3, -0.25) is 4.79 Å². The average Bonchev–Trinajstić information content (AvgIpc) is 3.40. The highest BCUT2D eigenvalue weighted by Gasteiger charge is 2.18. The van der Waals surface area contributed by atoms with Crippen molar-refractivity contribution in [3.05, 3.63) is 77.6 Å². The van der Waals surface area contributed by atoms with Crippen LogP contribution in [-0.4, -0.2) is 34.0 Å². The Morgan fingerprint density at radius 1 is 1.00 bits per heavy atom. The minimum atomic E-state index is -0.208. The third-order valence-electron chi connectivity index (χ3n) is 5.02. The van der Waals surface area contributed by atoms with Crippen molar-refractivity contribution in [2.75, 3.05) is 13.1 Å². The lowest BCUT2D eigenvalue weighted by Gasteiger charge is -2.15. The van der Waals surface area contributed by atoms with Crippen LogP contribution in [-0.2, 0) is 13.1 Å². The highest BCUT2D eigenvalue weighted by molar-refractivity contribution is 5.91. The van der Waals surface area contributed by atoms with Crippen LogP contribution in [0.4, 0.5) is 0 Å². The van der Waals surface area contributed by atoms with Gasteiger partial charge in [0.2, 0.25) is 0 Å². The number of likely N-dealkylation sites (tertiary alicyclic amines) is 1. The van der Waals surface area contributed by atoms with Gasteiger partial charge in [-0.25, -0.2) is 0 Å². The second kappa shape index (κ2) is 8.14. The summed E-state index contributed by atoms with van der Waals surface area (Å²) in [6, 6.07) is 17.9. The predicted molar refractivity (Wildman–Crippen MR) is 103 cm³/mol. The van der Waals surface area contributed by atoms with E-state index < -0.39 is 0 Å². The highest BCUT2D eigenvalue weighted by atomic mass is 16.2. The topological polar surface area (TPSA) is 64.2 Å². The molecule has 1 aliphatic heterocycles. The maximum Gasteiger partial charge on any atom is 0.273 e. The molecular formula is C21H24N5O+. The van der Waals surface area contributed by atoms with E-state index in [2.05, 4.69) is 33.7 Å². The first-order chi connectivity index (χ1) is 13.3. The normalized spacial score (nSPS) is 14.4. The molecule has 2 aromatic carbocycles. The van der Waals surface area contributed by atoms with E-state index in [4.69, 9.17) is 0 Å². The highest BCUT2D eigenvalue weighted by Crippen LogP contribution is 2.09. The molecule has 138 valence electrons. The monoisotopic (exact) mass is 362 g/mol. The summed E-state index contributed by atoms with van der Waals surface area (Å²) in [6.07, 6.45) is 4.12. The minimum absolute atomic E-state index is 0.208. The van der Waals surface area contributed by atoms with Crippen LogP contribution in [0.25, 0.3) is 5.69 Å². The van der Waals surface area contributed by atoms with E-state index in [1.807, 2.05) is 36.4 Å². The number of nitrogens with one attached hydrogen (secondary N) is 2. The van der Waals surface area contributed by atoms with Crippen molar-refractivity contribution in [1.29, 1.82) is 0 Å². The Labute approximate surface area is 158 Å². The minimum Gasteiger partial charge on any atom is -0.346 e.